The Balaban J connectivity index is 2.20. The first-order chi connectivity index (χ1) is 9.03. The Morgan fingerprint density at radius 2 is 2.11 bits per heavy atom. The van der Waals surface area contributed by atoms with Crippen LogP contribution in [0.5, 0.6) is 5.75 Å². The van der Waals surface area contributed by atoms with E-state index in [2.05, 4.69) is 13.8 Å². The Kier molecular flexibility index (Phi) is 3.69. The summed E-state index contributed by atoms with van der Waals surface area (Å²) in [5, 5.41) is 9.90. The normalized spacial score (nSPS) is 17.7. The standard InChI is InChI=1S/C15H22N2O2/c1-3-15(4-2)8-9-17(10-15)14(19)11-6-5-7-12(16)13(11)18/h5-7,18H,3-4,8-10,16H2,1-2H3. The largest absolute Gasteiger partial charge is 0.505 e. The molecule has 0 spiro atoms. The van der Waals surface area contributed by atoms with Crippen LogP contribution in [0, 0.1) is 5.41 Å². The summed E-state index contributed by atoms with van der Waals surface area (Å²) in [7, 11) is 0. The van der Waals surface area contributed by atoms with E-state index < -0.39 is 0 Å². The van der Waals surface area contributed by atoms with Crippen molar-refractivity contribution in [3.05, 3.63) is 23.8 Å². The molecule has 0 atom stereocenters. The number of nitrogens with two attached hydrogens (primary N) is 1. The highest BCUT2D eigenvalue weighted by atomic mass is 16.3. The molecule has 4 nitrogen and oxygen atoms in total. The summed E-state index contributed by atoms with van der Waals surface area (Å²) in [6.07, 6.45) is 3.20. The quantitative estimate of drug-likeness (QED) is 0.650. The van der Waals surface area contributed by atoms with Gasteiger partial charge in [-0.05, 0) is 36.8 Å². The number of phenols is 1. The number of amides is 1. The average molecular weight is 262 g/mol. The Hall–Kier alpha value is -1.71. The summed E-state index contributed by atoms with van der Waals surface area (Å²) < 4.78 is 0. The van der Waals surface area contributed by atoms with Crippen LogP contribution in [0.3, 0.4) is 0 Å². The third-order valence-corrected chi connectivity index (χ3v) is 4.52. The molecule has 1 aromatic rings. The van der Waals surface area contributed by atoms with Gasteiger partial charge in [0.05, 0.1) is 11.3 Å². The molecule has 0 radical (unpaired) electrons. The van der Waals surface area contributed by atoms with Crippen molar-refractivity contribution in [3.63, 3.8) is 0 Å². The molecule has 0 unspecified atom stereocenters. The third kappa shape index (κ3) is 2.39. The zero-order chi connectivity index (χ0) is 14.0. The number of aromatic hydroxyl groups is 1. The first kappa shape index (κ1) is 13.7. The summed E-state index contributed by atoms with van der Waals surface area (Å²) in [5.41, 5.74) is 6.44. The SMILES string of the molecule is CCC1(CC)CCN(C(=O)c2cccc(N)c2O)C1. The van der Waals surface area contributed by atoms with Crippen LogP contribution >= 0.6 is 0 Å². The first-order valence-electron chi connectivity index (χ1n) is 6.89. The second-order valence-electron chi connectivity index (χ2n) is 5.43. The minimum atomic E-state index is -0.117. The number of benzene rings is 1. The van der Waals surface area contributed by atoms with Gasteiger partial charge in [-0.3, -0.25) is 4.79 Å². The number of hydrogen-bond acceptors (Lipinski definition) is 3. The molecule has 4 heteroatoms. The van der Waals surface area contributed by atoms with Crippen LogP contribution in [0.25, 0.3) is 0 Å². The van der Waals surface area contributed by atoms with Gasteiger partial charge in [-0.15, -0.1) is 0 Å². The average Bonchev–Trinajstić information content (AvgIpc) is 2.86. The molecule has 3 N–H and O–H groups in total. The topological polar surface area (TPSA) is 66.6 Å². The molecule has 19 heavy (non-hydrogen) atoms. The number of hydrogen-bond donors (Lipinski definition) is 2. The maximum absolute atomic E-state index is 12.5. The number of carbonyl (C=O) groups is 1. The highest BCUT2D eigenvalue weighted by Crippen LogP contribution is 2.38. The molecule has 1 aliphatic rings. The second kappa shape index (κ2) is 5.11. The molecule has 1 fully saturated rings. The minimum absolute atomic E-state index is 0.0991. The van der Waals surface area contributed by atoms with Gasteiger partial charge >= 0.3 is 0 Å². The molecule has 2 rings (SSSR count). The molecule has 1 heterocycles. The molecule has 1 aromatic carbocycles. The van der Waals surface area contributed by atoms with Gasteiger partial charge in [0, 0.05) is 13.1 Å². The van der Waals surface area contributed by atoms with Gasteiger partial charge in [-0.1, -0.05) is 19.9 Å². The lowest BCUT2D eigenvalue weighted by Gasteiger charge is -2.26. The van der Waals surface area contributed by atoms with Crippen molar-refractivity contribution in [1.29, 1.82) is 0 Å². The molecule has 104 valence electrons. The number of para-hydroxylation sites is 1. The van der Waals surface area contributed by atoms with E-state index in [9.17, 15) is 9.90 Å². The fraction of sp³-hybridized carbons (Fsp3) is 0.533. The van der Waals surface area contributed by atoms with E-state index in [1.54, 1.807) is 18.2 Å². The zero-order valence-electron chi connectivity index (χ0n) is 11.6. The maximum atomic E-state index is 12.5. The molecular formula is C15H22N2O2. The van der Waals surface area contributed by atoms with Gasteiger partial charge in [-0.2, -0.15) is 0 Å². The van der Waals surface area contributed by atoms with Crippen molar-refractivity contribution >= 4 is 11.6 Å². The van der Waals surface area contributed by atoms with Gasteiger partial charge in [-0.25, -0.2) is 0 Å². The molecule has 1 saturated heterocycles. The Labute approximate surface area is 114 Å². The van der Waals surface area contributed by atoms with Crippen molar-refractivity contribution in [2.45, 2.75) is 33.1 Å². The number of phenolic OH excluding ortho intramolecular Hbond substituents is 1. The van der Waals surface area contributed by atoms with E-state index in [0.29, 0.717) is 5.56 Å². The number of nitrogen functional groups attached to an aromatic ring is 1. The van der Waals surface area contributed by atoms with Gasteiger partial charge in [0.1, 0.15) is 0 Å². The lowest BCUT2D eigenvalue weighted by molar-refractivity contribution is 0.0767. The van der Waals surface area contributed by atoms with E-state index in [4.69, 9.17) is 5.73 Å². The third-order valence-electron chi connectivity index (χ3n) is 4.52. The van der Waals surface area contributed by atoms with E-state index in [1.165, 1.54) is 0 Å². The van der Waals surface area contributed by atoms with E-state index in [-0.39, 0.29) is 22.8 Å². The molecular weight excluding hydrogens is 240 g/mol. The molecule has 0 aliphatic carbocycles. The van der Waals surface area contributed by atoms with Gasteiger partial charge < -0.3 is 15.7 Å². The Morgan fingerprint density at radius 1 is 1.42 bits per heavy atom. The van der Waals surface area contributed by atoms with Crippen molar-refractivity contribution in [3.8, 4) is 5.75 Å². The van der Waals surface area contributed by atoms with E-state index in [0.717, 1.165) is 32.4 Å². The monoisotopic (exact) mass is 262 g/mol. The number of rotatable bonds is 3. The van der Waals surface area contributed by atoms with Gasteiger partial charge in [0.2, 0.25) is 0 Å². The van der Waals surface area contributed by atoms with Crippen LogP contribution in [0.1, 0.15) is 43.5 Å². The summed E-state index contributed by atoms with van der Waals surface area (Å²) in [6.45, 7) is 5.88. The number of carbonyl (C=O) groups excluding carboxylic acids is 1. The number of anilines is 1. The molecule has 1 aliphatic heterocycles. The van der Waals surface area contributed by atoms with Crippen LogP contribution < -0.4 is 5.73 Å². The lowest BCUT2D eigenvalue weighted by Crippen LogP contribution is -2.31. The minimum Gasteiger partial charge on any atom is -0.505 e. The van der Waals surface area contributed by atoms with Crippen LogP contribution in [-0.2, 0) is 0 Å². The van der Waals surface area contributed by atoms with Crippen molar-refractivity contribution in [2.75, 3.05) is 18.8 Å². The Morgan fingerprint density at radius 3 is 2.68 bits per heavy atom. The number of nitrogens with zero attached hydrogens (tertiary/aromatic N) is 1. The van der Waals surface area contributed by atoms with E-state index in [1.807, 2.05) is 4.90 Å². The predicted molar refractivity (Wildman–Crippen MR) is 76.1 cm³/mol. The first-order valence-corrected chi connectivity index (χ1v) is 6.89. The summed E-state index contributed by atoms with van der Waals surface area (Å²) in [6, 6.07) is 4.93. The second-order valence-corrected chi connectivity index (χ2v) is 5.43. The smallest absolute Gasteiger partial charge is 0.257 e. The molecule has 0 aromatic heterocycles. The van der Waals surface area contributed by atoms with Crippen LogP contribution in [0.2, 0.25) is 0 Å². The molecule has 0 saturated carbocycles. The van der Waals surface area contributed by atoms with Crippen molar-refractivity contribution in [2.24, 2.45) is 5.41 Å². The zero-order valence-corrected chi connectivity index (χ0v) is 11.6. The van der Waals surface area contributed by atoms with Crippen molar-refractivity contribution < 1.29 is 9.90 Å². The van der Waals surface area contributed by atoms with Crippen molar-refractivity contribution in [1.82, 2.24) is 4.90 Å². The van der Waals surface area contributed by atoms with Gasteiger partial charge in [0.25, 0.3) is 5.91 Å². The molecule has 1 amide bonds. The highest BCUT2D eigenvalue weighted by molar-refractivity contribution is 5.98. The summed E-state index contributed by atoms with van der Waals surface area (Å²) in [5.74, 6) is -0.216. The van der Waals surface area contributed by atoms with Gasteiger partial charge in [0.15, 0.2) is 5.75 Å². The highest BCUT2D eigenvalue weighted by Gasteiger charge is 2.37. The predicted octanol–water partition coefficient (Wildman–Crippen LogP) is 2.63. The van der Waals surface area contributed by atoms with Crippen LogP contribution in [0.4, 0.5) is 5.69 Å². The lowest BCUT2D eigenvalue weighted by atomic mass is 9.82. The summed E-state index contributed by atoms with van der Waals surface area (Å²) >= 11 is 0. The number of likely N-dealkylation sites (tertiary alicyclic amines) is 1. The Bertz CT molecular complexity index is 481. The maximum Gasteiger partial charge on any atom is 0.257 e. The summed E-state index contributed by atoms with van der Waals surface area (Å²) in [4.78, 5) is 14.3. The fourth-order valence-electron chi connectivity index (χ4n) is 2.84. The van der Waals surface area contributed by atoms with Crippen LogP contribution in [-0.4, -0.2) is 29.0 Å². The van der Waals surface area contributed by atoms with Crippen LogP contribution in [0.15, 0.2) is 18.2 Å². The fourth-order valence-corrected chi connectivity index (χ4v) is 2.84. The molecule has 0 bridgehead atoms. The van der Waals surface area contributed by atoms with E-state index >= 15 is 0 Å².